The lowest BCUT2D eigenvalue weighted by Gasteiger charge is -2.07. The van der Waals surface area contributed by atoms with Gasteiger partial charge in [0.2, 0.25) is 0 Å². The van der Waals surface area contributed by atoms with E-state index >= 15 is 0 Å². The van der Waals surface area contributed by atoms with Crippen LogP contribution in [0.4, 0.5) is 0 Å². The van der Waals surface area contributed by atoms with Crippen molar-refractivity contribution >= 4 is 22.2 Å². The molecule has 2 aromatic heterocycles. The second-order valence-electron chi connectivity index (χ2n) is 5.10. The first-order valence-corrected chi connectivity index (χ1v) is 7.88. The molecule has 0 saturated carbocycles. The monoisotopic (exact) mass is 295 g/mol. The molecule has 0 fully saturated rings. The Morgan fingerprint density at radius 1 is 1.29 bits per heavy atom. The number of nitrogens with zero attached hydrogens (tertiary/aromatic N) is 2. The smallest absolute Gasteiger partial charge is 0.0992 e. The van der Waals surface area contributed by atoms with Crippen molar-refractivity contribution in [1.29, 1.82) is 5.26 Å². The Morgan fingerprint density at radius 3 is 2.95 bits per heavy atom. The summed E-state index contributed by atoms with van der Waals surface area (Å²) in [5.41, 5.74) is 3.20. The highest BCUT2D eigenvalue weighted by Gasteiger charge is 2.03. The second-order valence-corrected chi connectivity index (χ2v) is 6.10. The second kappa shape index (κ2) is 6.13. The number of thiophene rings is 1. The van der Waals surface area contributed by atoms with Gasteiger partial charge in [-0.3, -0.25) is 0 Å². The zero-order valence-corrected chi connectivity index (χ0v) is 12.8. The van der Waals surface area contributed by atoms with E-state index in [9.17, 15) is 0 Å². The van der Waals surface area contributed by atoms with Gasteiger partial charge < -0.3 is 9.88 Å². The zero-order chi connectivity index (χ0) is 14.7. The third-order valence-electron chi connectivity index (χ3n) is 3.69. The molecule has 2 heterocycles. The number of nitrogens with one attached hydrogen (secondary N) is 1. The largest absolute Gasteiger partial charge is 0.346 e. The highest BCUT2D eigenvalue weighted by Crippen LogP contribution is 2.17. The van der Waals surface area contributed by atoms with Crippen LogP contribution in [0.25, 0.3) is 10.9 Å². The van der Waals surface area contributed by atoms with Gasteiger partial charge in [-0.15, -0.1) is 11.3 Å². The van der Waals surface area contributed by atoms with E-state index in [2.05, 4.69) is 46.6 Å². The van der Waals surface area contributed by atoms with Crippen LogP contribution in [0.15, 0.2) is 41.9 Å². The lowest BCUT2D eigenvalue weighted by atomic mass is 10.2. The summed E-state index contributed by atoms with van der Waals surface area (Å²) in [5.74, 6) is 0. The molecule has 21 heavy (non-hydrogen) atoms. The Bertz CT molecular complexity index is 792. The van der Waals surface area contributed by atoms with E-state index in [4.69, 9.17) is 5.26 Å². The average Bonchev–Trinajstić information content (AvgIpc) is 3.09. The molecule has 3 aromatic rings. The summed E-state index contributed by atoms with van der Waals surface area (Å²) in [6, 6.07) is 12.3. The number of rotatable bonds is 5. The fraction of sp³-hybridized carbons (Fsp3) is 0.235. The van der Waals surface area contributed by atoms with Gasteiger partial charge in [-0.25, -0.2) is 0 Å². The molecule has 0 atom stereocenters. The van der Waals surface area contributed by atoms with Crippen LogP contribution < -0.4 is 5.32 Å². The van der Waals surface area contributed by atoms with Crippen molar-refractivity contribution in [1.82, 2.24) is 9.88 Å². The van der Waals surface area contributed by atoms with Gasteiger partial charge in [0.25, 0.3) is 0 Å². The van der Waals surface area contributed by atoms with E-state index in [1.54, 1.807) is 11.3 Å². The summed E-state index contributed by atoms with van der Waals surface area (Å²) >= 11 is 1.80. The van der Waals surface area contributed by atoms with Crippen LogP contribution in [0, 0.1) is 18.3 Å². The Balaban J connectivity index is 1.63. The molecule has 1 N–H and O–H groups in total. The number of hydrogen-bond donors (Lipinski definition) is 1. The highest BCUT2D eigenvalue weighted by molar-refractivity contribution is 7.10. The minimum Gasteiger partial charge on any atom is -0.346 e. The van der Waals surface area contributed by atoms with Crippen LogP contribution in [-0.4, -0.2) is 11.1 Å². The summed E-state index contributed by atoms with van der Waals surface area (Å²) in [6.07, 6.45) is 2.09. The Morgan fingerprint density at radius 2 is 2.19 bits per heavy atom. The van der Waals surface area contributed by atoms with E-state index < -0.39 is 0 Å². The van der Waals surface area contributed by atoms with E-state index in [0.29, 0.717) is 5.56 Å². The fourth-order valence-corrected chi connectivity index (χ4v) is 3.31. The maximum Gasteiger partial charge on any atom is 0.0992 e. The number of nitriles is 1. The van der Waals surface area contributed by atoms with Crippen LogP contribution >= 0.6 is 11.3 Å². The van der Waals surface area contributed by atoms with Crippen LogP contribution in [0.3, 0.4) is 0 Å². The number of benzene rings is 1. The lowest BCUT2D eigenvalue weighted by Crippen LogP contribution is -2.19. The molecule has 106 valence electrons. The Kier molecular flexibility index (Phi) is 4.05. The van der Waals surface area contributed by atoms with Crippen molar-refractivity contribution in [3.8, 4) is 6.07 Å². The maximum atomic E-state index is 9.00. The SMILES string of the molecule is Cc1ccsc1CNCCn1ccc2ccc(C#N)cc21. The number of fused-ring (bicyclic) bond motifs is 1. The predicted octanol–water partition coefficient (Wildman–Crippen LogP) is 3.67. The molecule has 4 heteroatoms. The average molecular weight is 295 g/mol. The van der Waals surface area contributed by atoms with E-state index in [-0.39, 0.29) is 0 Å². The molecule has 0 unspecified atom stereocenters. The van der Waals surface area contributed by atoms with Crippen molar-refractivity contribution in [2.24, 2.45) is 0 Å². The molecule has 0 aliphatic heterocycles. The molecule has 3 nitrogen and oxygen atoms in total. The molecule has 0 bridgehead atoms. The first-order valence-electron chi connectivity index (χ1n) is 7.00. The van der Waals surface area contributed by atoms with Gasteiger partial charge in [-0.2, -0.15) is 5.26 Å². The molecule has 0 amide bonds. The molecule has 0 saturated heterocycles. The van der Waals surface area contributed by atoms with Gasteiger partial charge in [0.05, 0.1) is 11.6 Å². The molecule has 0 spiro atoms. The molecule has 0 aliphatic rings. The number of aromatic nitrogens is 1. The van der Waals surface area contributed by atoms with Crippen molar-refractivity contribution in [2.45, 2.75) is 20.0 Å². The third kappa shape index (κ3) is 2.99. The molecule has 1 aromatic carbocycles. The minimum absolute atomic E-state index is 0.713. The first kappa shape index (κ1) is 13.9. The number of aryl methyl sites for hydroxylation is 1. The highest BCUT2D eigenvalue weighted by atomic mass is 32.1. The van der Waals surface area contributed by atoms with Crippen molar-refractivity contribution in [3.63, 3.8) is 0 Å². The van der Waals surface area contributed by atoms with E-state index in [1.807, 2.05) is 18.2 Å². The van der Waals surface area contributed by atoms with Gasteiger partial charge in [0.1, 0.15) is 0 Å². The molecular weight excluding hydrogens is 278 g/mol. The van der Waals surface area contributed by atoms with E-state index in [1.165, 1.54) is 15.8 Å². The zero-order valence-electron chi connectivity index (χ0n) is 12.0. The van der Waals surface area contributed by atoms with Crippen molar-refractivity contribution < 1.29 is 0 Å². The molecule has 3 rings (SSSR count). The summed E-state index contributed by atoms with van der Waals surface area (Å²) in [6.45, 7) is 4.89. The molecule has 0 aliphatic carbocycles. The van der Waals surface area contributed by atoms with Gasteiger partial charge in [0.15, 0.2) is 0 Å². The van der Waals surface area contributed by atoms with Crippen LogP contribution in [0.5, 0.6) is 0 Å². The Labute approximate surface area is 128 Å². The summed E-state index contributed by atoms with van der Waals surface area (Å²) in [7, 11) is 0. The lowest BCUT2D eigenvalue weighted by molar-refractivity contribution is 0.612. The summed E-state index contributed by atoms with van der Waals surface area (Å²) < 4.78 is 2.20. The quantitative estimate of drug-likeness (QED) is 0.730. The molecule has 0 radical (unpaired) electrons. The fourth-order valence-electron chi connectivity index (χ4n) is 2.44. The summed E-state index contributed by atoms with van der Waals surface area (Å²) in [5, 5.41) is 15.8. The normalized spacial score (nSPS) is 10.9. The summed E-state index contributed by atoms with van der Waals surface area (Å²) in [4.78, 5) is 1.40. The van der Waals surface area contributed by atoms with Crippen LogP contribution in [-0.2, 0) is 13.1 Å². The minimum atomic E-state index is 0.713. The topological polar surface area (TPSA) is 40.8 Å². The third-order valence-corrected chi connectivity index (χ3v) is 4.71. The number of hydrogen-bond acceptors (Lipinski definition) is 3. The van der Waals surface area contributed by atoms with Gasteiger partial charge in [-0.1, -0.05) is 6.07 Å². The van der Waals surface area contributed by atoms with Gasteiger partial charge in [-0.05, 0) is 47.5 Å². The standard InChI is InChI=1S/C17H17N3S/c1-13-5-9-21-17(13)12-19-6-8-20-7-4-15-3-2-14(11-18)10-16(15)20/h2-5,7,9-10,19H,6,8,12H2,1H3. The van der Waals surface area contributed by atoms with Crippen molar-refractivity contribution in [3.05, 3.63) is 57.9 Å². The predicted molar refractivity (Wildman–Crippen MR) is 87.4 cm³/mol. The molecular formula is C17H17N3S. The van der Waals surface area contributed by atoms with Crippen LogP contribution in [0.1, 0.15) is 16.0 Å². The maximum absolute atomic E-state index is 9.00. The van der Waals surface area contributed by atoms with Crippen LogP contribution in [0.2, 0.25) is 0 Å². The Hall–Kier alpha value is -2.09. The van der Waals surface area contributed by atoms with Gasteiger partial charge in [0, 0.05) is 36.2 Å². The van der Waals surface area contributed by atoms with Crippen molar-refractivity contribution in [2.75, 3.05) is 6.54 Å². The van der Waals surface area contributed by atoms with Gasteiger partial charge >= 0.3 is 0 Å². The van der Waals surface area contributed by atoms with E-state index in [0.717, 1.165) is 25.2 Å². The first-order chi connectivity index (χ1) is 10.3.